The topological polar surface area (TPSA) is 111 Å². The molecular weight excluding hydrogens is 952 g/mol. The van der Waals surface area contributed by atoms with Crippen LogP contribution in [0.5, 0.6) is 0 Å². The monoisotopic (exact) mass is 1060 g/mol. The summed E-state index contributed by atoms with van der Waals surface area (Å²) in [6.45, 7) is 6.76. The van der Waals surface area contributed by atoms with Gasteiger partial charge in [-0.2, -0.15) is 0 Å². The number of carbonyl (C=O) groups excluding carboxylic acids is 2. The van der Waals surface area contributed by atoms with Gasteiger partial charge in [0.15, 0.2) is 0 Å². The number of rotatable bonds is 51. The SMILES string of the molecule is CC/C=C\C/C=C\C/C=C\C/C=C\C/C=C\C/C=C\CCC(=O)OC(/C=C/CCCCCCCCCCC)C(COP(=O)(O)OCC[N+](C)(C)C)NC(=O)CCCCC/C=C\C/C=C\C/C=C\C/C=C\CCCCC. The fourth-order valence-corrected chi connectivity index (χ4v) is 8.27. The third-order valence-corrected chi connectivity index (χ3v) is 13.1. The molecule has 0 aliphatic heterocycles. The number of ether oxygens (including phenoxy) is 1. The smallest absolute Gasteiger partial charge is 0.456 e. The molecule has 1 amide bonds. The Balaban J connectivity index is 5.48. The van der Waals surface area contributed by atoms with E-state index in [1.54, 1.807) is 0 Å². The fraction of sp³-hybridized carbons (Fsp3) is 0.631. The molecule has 10 heteroatoms. The summed E-state index contributed by atoms with van der Waals surface area (Å²) in [5.41, 5.74) is 0. The summed E-state index contributed by atoms with van der Waals surface area (Å²) in [4.78, 5) is 37.6. The number of hydrogen-bond donors (Lipinski definition) is 2. The Bertz CT molecular complexity index is 1740. The van der Waals surface area contributed by atoms with Gasteiger partial charge in [0, 0.05) is 12.8 Å². The van der Waals surface area contributed by atoms with Gasteiger partial charge in [0.2, 0.25) is 5.91 Å². The molecule has 0 aliphatic carbocycles. The second-order valence-electron chi connectivity index (χ2n) is 20.4. The lowest BCUT2D eigenvalue weighted by Crippen LogP contribution is -2.47. The van der Waals surface area contributed by atoms with E-state index in [1.807, 2.05) is 45.4 Å². The standard InChI is InChI=1S/C65H109N2O7P/c1-7-10-13-16-19-22-25-27-29-31-33-35-37-39-42-45-48-51-54-57-64(68)66-62(61-73-75(70,71)72-60-59-67(4,5)6)63(56-53-50-47-44-41-24-21-18-15-12-9-3)74-65(69)58-55-52-49-46-43-40-38-36-34-32-30-28-26-23-20-17-14-11-8-2/h11,14,19-20,22-23,27-30,33-36,39-40,42-43,49,52-53,56,62-63H,7-10,12-13,15-18,21,24-26,31-32,37-38,41,44-48,50-51,54-55,57-61H2,1-6H3,(H-,66,68,70,71)/p+1/b14-11-,22-19-,23-20-,29-27-,30-28-,35-33-,36-34-,42-39-,43-40-,52-49-,56-53+. The second-order valence-corrected chi connectivity index (χ2v) is 21.9. The van der Waals surface area contributed by atoms with Crippen molar-refractivity contribution in [2.24, 2.45) is 0 Å². The number of phosphoric ester groups is 1. The first-order valence-corrected chi connectivity index (χ1v) is 31.0. The Hall–Kier alpha value is -3.85. The number of quaternary nitrogens is 1. The quantitative estimate of drug-likeness (QED) is 0.0205. The first-order valence-electron chi connectivity index (χ1n) is 29.5. The summed E-state index contributed by atoms with van der Waals surface area (Å²) >= 11 is 0. The third kappa shape index (κ3) is 54.7. The molecule has 3 unspecified atom stereocenters. The minimum atomic E-state index is -4.48. The van der Waals surface area contributed by atoms with E-state index in [9.17, 15) is 19.0 Å². The number of unbranched alkanes of at least 4 members (excludes halogenated alkanes) is 15. The van der Waals surface area contributed by atoms with Crippen molar-refractivity contribution in [2.75, 3.05) is 40.9 Å². The Morgan fingerprint density at radius 1 is 0.480 bits per heavy atom. The van der Waals surface area contributed by atoms with E-state index in [2.05, 4.69) is 135 Å². The summed E-state index contributed by atoms with van der Waals surface area (Å²) < 4.78 is 30.5. The highest BCUT2D eigenvalue weighted by atomic mass is 31.2. The van der Waals surface area contributed by atoms with Crippen molar-refractivity contribution in [1.82, 2.24) is 5.32 Å². The molecule has 2 N–H and O–H groups in total. The third-order valence-electron chi connectivity index (χ3n) is 12.1. The van der Waals surface area contributed by atoms with Crippen LogP contribution in [0.2, 0.25) is 0 Å². The van der Waals surface area contributed by atoms with E-state index < -0.39 is 25.9 Å². The summed E-state index contributed by atoms with van der Waals surface area (Å²) in [5, 5.41) is 3.01. The van der Waals surface area contributed by atoms with Gasteiger partial charge < -0.3 is 19.4 Å². The van der Waals surface area contributed by atoms with Crippen molar-refractivity contribution in [2.45, 2.75) is 226 Å². The largest absolute Gasteiger partial charge is 0.472 e. The molecule has 0 aliphatic rings. The lowest BCUT2D eigenvalue weighted by molar-refractivity contribution is -0.870. The zero-order chi connectivity index (χ0) is 55.0. The first-order chi connectivity index (χ1) is 36.4. The molecule has 0 saturated heterocycles. The Morgan fingerprint density at radius 3 is 1.33 bits per heavy atom. The minimum absolute atomic E-state index is 0.0149. The van der Waals surface area contributed by atoms with Gasteiger partial charge >= 0.3 is 13.8 Å². The summed E-state index contributed by atoms with van der Waals surface area (Å²) in [7, 11) is 1.41. The number of nitrogens with one attached hydrogen (secondary N) is 1. The van der Waals surface area contributed by atoms with Crippen LogP contribution in [0.4, 0.5) is 0 Å². The Morgan fingerprint density at radius 2 is 0.867 bits per heavy atom. The maximum Gasteiger partial charge on any atom is 0.472 e. The highest BCUT2D eigenvalue weighted by Gasteiger charge is 2.30. The highest BCUT2D eigenvalue weighted by molar-refractivity contribution is 7.47. The van der Waals surface area contributed by atoms with Crippen LogP contribution in [0.25, 0.3) is 0 Å². The highest BCUT2D eigenvalue weighted by Crippen LogP contribution is 2.43. The van der Waals surface area contributed by atoms with Crippen LogP contribution in [-0.4, -0.2) is 74.3 Å². The molecule has 75 heavy (non-hydrogen) atoms. The maximum atomic E-state index is 13.5. The summed E-state index contributed by atoms with van der Waals surface area (Å²) in [6, 6.07) is -0.905. The summed E-state index contributed by atoms with van der Waals surface area (Å²) in [5.74, 6) is -0.652. The van der Waals surface area contributed by atoms with Crippen LogP contribution < -0.4 is 5.32 Å². The molecule has 3 atom stereocenters. The number of allylic oxidation sites excluding steroid dienone is 21. The lowest BCUT2D eigenvalue weighted by atomic mass is 10.1. The number of esters is 1. The Labute approximate surface area is 460 Å². The number of likely N-dealkylation sites (N-methyl/N-ethyl adjacent to an activating group) is 1. The van der Waals surface area contributed by atoms with E-state index >= 15 is 0 Å². The van der Waals surface area contributed by atoms with Crippen molar-refractivity contribution >= 4 is 19.7 Å². The molecule has 0 rings (SSSR count). The van der Waals surface area contributed by atoms with E-state index in [0.717, 1.165) is 96.3 Å². The van der Waals surface area contributed by atoms with Crippen molar-refractivity contribution in [3.05, 3.63) is 134 Å². The molecule has 9 nitrogen and oxygen atoms in total. The van der Waals surface area contributed by atoms with Gasteiger partial charge in [0.05, 0.1) is 33.8 Å². The molecule has 0 aromatic rings. The number of hydrogen-bond acceptors (Lipinski definition) is 6. The number of nitrogens with zero attached hydrogens (tertiary/aromatic N) is 1. The van der Waals surface area contributed by atoms with E-state index in [-0.39, 0.29) is 32.0 Å². The molecule has 0 aromatic heterocycles. The van der Waals surface area contributed by atoms with Gasteiger partial charge in [-0.05, 0) is 115 Å². The molecule has 0 radical (unpaired) electrons. The van der Waals surface area contributed by atoms with Crippen LogP contribution >= 0.6 is 7.82 Å². The van der Waals surface area contributed by atoms with Crippen molar-refractivity contribution in [3.63, 3.8) is 0 Å². The van der Waals surface area contributed by atoms with Gasteiger partial charge in [-0.25, -0.2) is 4.57 Å². The van der Waals surface area contributed by atoms with E-state index in [0.29, 0.717) is 23.9 Å². The molecule has 0 spiro atoms. The van der Waals surface area contributed by atoms with Gasteiger partial charge in [-0.1, -0.05) is 219 Å². The van der Waals surface area contributed by atoms with E-state index in [4.69, 9.17) is 13.8 Å². The molecule has 0 aromatic carbocycles. The number of carbonyl (C=O) groups is 2. The molecule has 0 fully saturated rings. The van der Waals surface area contributed by atoms with Gasteiger partial charge in [-0.15, -0.1) is 0 Å². The molecule has 426 valence electrons. The lowest BCUT2D eigenvalue weighted by Gasteiger charge is -2.27. The minimum Gasteiger partial charge on any atom is -0.456 e. The molecule has 0 heterocycles. The zero-order valence-corrected chi connectivity index (χ0v) is 49.4. The van der Waals surface area contributed by atoms with Gasteiger partial charge in [-0.3, -0.25) is 18.6 Å². The van der Waals surface area contributed by atoms with Crippen LogP contribution in [0.3, 0.4) is 0 Å². The number of phosphoric acid groups is 1. The second kappa shape index (κ2) is 53.5. The summed E-state index contributed by atoms with van der Waals surface area (Å²) in [6.07, 6.45) is 76.1. The van der Waals surface area contributed by atoms with Crippen LogP contribution in [0.1, 0.15) is 213 Å². The van der Waals surface area contributed by atoms with Crippen molar-refractivity contribution < 1.29 is 37.3 Å². The van der Waals surface area contributed by atoms with Gasteiger partial charge in [0.25, 0.3) is 0 Å². The first kappa shape index (κ1) is 71.2. The molecular formula is C65H110N2O7P+. The zero-order valence-electron chi connectivity index (χ0n) is 48.5. The average Bonchev–Trinajstić information content (AvgIpc) is 3.37. The molecule has 0 bridgehead atoms. The van der Waals surface area contributed by atoms with Crippen LogP contribution in [0, 0.1) is 0 Å². The Kier molecular flexibility index (Phi) is 50.8. The van der Waals surface area contributed by atoms with Crippen LogP contribution in [0.15, 0.2) is 134 Å². The normalized spacial score (nSPS) is 14.7. The predicted molar refractivity (Wildman–Crippen MR) is 323 cm³/mol. The van der Waals surface area contributed by atoms with Crippen molar-refractivity contribution in [1.29, 1.82) is 0 Å². The van der Waals surface area contributed by atoms with Crippen LogP contribution in [-0.2, 0) is 27.9 Å². The van der Waals surface area contributed by atoms with Crippen molar-refractivity contribution in [3.8, 4) is 0 Å². The predicted octanol–water partition coefficient (Wildman–Crippen LogP) is 18.1. The fourth-order valence-electron chi connectivity index (χ4n) is 7.54. The van der Waals surface area contributed by atoms with Gasteiger partial charge in [0.1, 0.15) is 19.3 Å². The number of amides is 1. The van der Waals surface area contributed by atoms with E-state index in [1.165, 1.54) is 70.6 Å². The maximum absolute atomic E-state index is 13.5. The molecule has 0 saturated carbocycles. The average molecular weight is 1060 g/mol.